The van der Waals surface area contributed by atoms with Gasteiger partial charge in [0.25, 0.3) is 0 Å². The van der Waals surface area contributed by atoms with E-state index in [2.05, 4.69) is 32.1 Å². The lowest BCUT2D eigenvalue weighted by Gasteiger charge is -2.34. The highest BCUT2D eigenvalue weighted by atomic mass is 15.2. The normalized spacial score (nSPS) is 20.2. The summed E-state index contributed by atoms with van der Waals surface area (Å²) in [4.78, 5) is 2.74. The standard InChI is InChI=1S/C15H30N/c1-4-9-15(11-8-10-14(2)3)16-12-6-5-7-13-16/h8,14-15H,4-7,9-13H2,1-3H3. The van der Waals surface area contributed by atoms with E-state index in [4.69, 9.17) is 0 Å². The molecule has 1 nitrogen and oxygen atoms in total. The summed E-state index contributed by atoms with van der Waals surface area (Å²) < 4.78 is 0. The van der Waals surface area contributed by atoms with Crippen LogP contribution < -0.4 is 0 Å². The number of nitrogens with zero attached hydrogens (tertiary/aromatic N) is 1. The molecule has 0 saturated carbocycles. The maximum absolute atomic E-state index is 2.74. The van der Waals surface area contributed by atoms with Crippen molar-refractivity contribution in [3.05, 3.63) is 6.42 Å². The van der Waals surface area contributed by atoms with Crippen molar-refractivity contribution in [1.29, 1.82) is 0 Å². The molecule has 1 saturated heterocycles. The minimum absolute atomic E-state index is 0.823. The molecule has 1 aliphatic heterocycles. The van der Waals surface area contributed by atoms with Crippen LogP contribution in [-0.4, -0.2) is 24.0 Å². The quantitative estimate of drug-likeness (QED) is 0.624. The van der Waals surface area contributed by atoms with Crippen molar-refractivity contribution >= 4 is 0 Å². The van der Waals surface area contributed by atoms with E-state index in [0.29, 0.717) is 0 Å². The highest BCUT2D eigenvalue weighted by molar-refractivity contribution is 4.81. The first-order chi connectivity index (χ1) is 7.74. The molecular formula is C15H30N. The van der Waals surface area contributed by atoms with Gasteiger partial charge in [-0.3, -0.25) is 0 Å². The van der Waals surface area contributed by atoms with Gasteiger partial charge in [0, 0.05) is 6.04 Å². The largest absolute Gasteiger partial charge is 0.300 e. The van der Waals surface area contributed by atoms with E-state index in [-0.39, 0.29) is 0 Å². The van der Waals surface area contributed by atoms with Crippen LogP contribution in [-0.2, 0) is 0 Å². The zero-order chi connectivity index (χ0) is 11.8. The molecule has 1 radical (unpaired) electrons. The van der Waals surface area contributed by atoms with Crippen molar-refractivity contribution < 1.29 is 0 Å². The van der Waals surface area contributed by atoms with Crippen LogP contribution in [0.25, 0.3) is 0 Å². The third-order valence-electron chi connectivity index (χ3n) is 3.61. The van der Waals surface area contributed by atoms with Crippen molar-refractivity contribution in [2.45, 2.75) is 71.8 Å². The number of rotatable bonds is 7. The molecule has 1 aliphatic rings. The van der Waals surface area contributed by atoms with Gasteiger partial charge in [0.15, 0.2) is 0 Å². The Morgan fingerprint density at radius 3 is 2.31 bits per heavy atom. The summed E-state index contributed by atoms with van der Waals surface area (Å²) >= 11 is 0. The van der Waals surface area contributed by atoms with Crippen LogP contribution in [0, 0.1) is 12.3 Å². The first-order valence-corrected chi connectivity index (χ1v) is 7.29. The number of hydrogen-bond donors (Lipinski definition) is 0. The highest BCUT2D eigenvalue weighted by Gasteiger charge is 2.19. The van der Waals surface area contributed by atoms with Crippen LogP contribution in [0.4, 0.5) is 0 Å². The van der Waals surface area contributed by atoms with Gasteiger partial charge in [-0.1, -0.05) is 33.6 Å². The van der Waals surface area contributed by atoms with Crippen LogP contribution in [0.3, 0.4) is 0 Å². The van der Waals surface area contributed by atoms with E-state index < -0.39 is 0 Å². The van der Waals surface area contributed by atoms with Crippen molar-refractivity contribution in [3.63, 3.8) is 0 Å². The Kier molecular flexibility index (Phi) is 7.11. The van der Waals surface area contributed by atoms with E-state index in [0.717, 1.165) is 12.0 Å². The molecule has 0 amide bonds. The first-order valence-electron chi connectivity index (χ1n) is 7.29. The molecule has 0 aromatic rings. The molecule has 16 heavy (non-hydrogen) atoms. The van der Waals surface area contributed by atoms with Crippen molar-refractivity contribution in [3.8, 4) is 0 Å². The first kappa shape index (κ1) is 14.0. The molecule has 1 rings (SSSR count). The molecule has 0 aromatic carbocycles. The minimum atomic E-state index is 0.823. The van der Waals surface area contributed by atoms with Gasteiger partial charge < -0.3 is 4.90 Å². The smallest absolute Gasteiger partial charge is 0.00978 e. The average Bonchev–Trinajstić information content (AvgIpc) is 2.29. The summed E-state index contributed by atoms with van der Waals surface area (Å²) in [6.45, 7) is 9.64. The lowest BCUT2D eigenvalue weighted by molar-refractivity contribution is 0.151. The zero-order valence-electron chi connectivity index (χ0n) is 11.5. The molecule has 0 bridgehead atoms. The van der Waals surface area contributed by atoms with E-state index in [1.54, 1.807) is 0 Å². The summed E-state index contributed by atoms with van der Waals surface area (Å²) in [5.74, 6) is 0.823. The summed E-state index contributed by atoms with van der Waals surface area (Å²) in [6.07, 6.45) is 12.1. The average molecular weight is 224 g/mol. The predicted molar refractivity (Wildman–Crippen MR) is 72.5 cm³/mol. The van der Waals surface area contributed by atoms with Crippen LogP contribution >= 0.6 is 0 Å². The number of piperidine rings is 1. The van der Waals surface area contributed by atoms with Crippen LogP contribution in [0.5, 0.6) is 0 Å². The van der Waals surface area contributed by atoms with Gasteiger partial charge in [0.1, 0.15) is 0 Å². The van der Waals surface area contributed by atoms with E-state index in [1.165, 1.54) is 58.0 Å². The predicted octanol–water partition coefficient (Wildman–Crippen LogP) is 4.28. The molecule has 95 valence electrons. The summed E-state index contributed by atoms with van der Waals surface area (Å²) in [7, 11) is 0. The monoisotopic (exact) mass is 224 g/mol. The van der Waals surface area contributed by atoms with Crippen LogP contribution in [0.15, 0.2) is 0 Å². The molecule has 1 atom stereocenters. The third kappa shape index (κ3) is 5.34. The summed E-state index contributed by atoms with van der Waals surface area (Å²) in [5, 5.41) is 0. The van der Waals surface area contributed by atoms with Gasteiger partial charge in [0.05, 0.1) is 0 Å². The summed E-state index contributed by atoms with van der Waals surface area (Å²) in [5.41, 5.74) is 0. The van der Waals surface area contributed by atoms with Crippen LogP contribution in [0.2, 0.25) is 0 Å². The molecule has 1 unspecified atom stereocenters. The molecule has 1 heterocycles. The molecular weight excluding hydrogens is 194 g/mol. The molecule has 1 heteroatoms. The number of hydrogen-bond acceptors (Lipinski definition) is 1. The molecule has 0 spiro atoms. The van der Waals surface area contributed by atoms with Crippen molar-refractivity contribution in [2.75, 3.05) is 13.1 Å². The van der Waals surface area contributed by atoms with Crippen LogP contribution in [0.1, 0.15) is 65.7 Å². The third-order valence-corrected chi connectivity index (χ3v) is 3.61. The number of likely N-dealkylation sites (tertiary alicyclic amines) is 1. The molecule has 0 aliphatic carbocycles. The fourth-order valence-corrected chi connectivity index (χ4v) is 2.69. The second-order valence-electron chi connectivity index (χ2n) is 5.69. The molecule has 0 aromatic heterocycles. The second kappa shape index (κ2) is 8.11. The Labute approximate surface area is 103 Å². The Morgan fingerprint density at radius 1 is 1.06 bits per heavy atom. The Hall–Kier alpha value is -0.0400. The van der Waals surface area contributed by atoms with Gasteiger partial charge in [-0.2, -0.15) is 0 Å². The fraction of sp³-hybridized carbons (Fsp3) is 0.933. The second-order valence-corrected chi connectivity index (χ2v) is 5.69. The Morgan fingerprint density at radius 2 is 1.75 bits per heavy atom. The fourth-order valence-electron chi connectivity index (χ4n) is 2.69. The zero-order valence-corrected chi connectivity index (χ0v) is 11.5. The Balaban J connectivity index is 2.27. The lowest BCUT2D eigenvalue weighted by atomic mass is 9.97. The van der Waals surface area contributed by atoms with Gasteiger partial charge in [-0.15, -0.1) is 0 Å². The van der Waals surface area contributed by atoms with E-state index >= 15 is 0 Å². The highest BCUT2D eigenvalue weighted by Crippen LogP contribution is 2.20. The van der Waals surface area contributed by atoms with Gasteiger partial charge in [-0.25, -0.2) is 0 Å². The van der Waals surface area contributed by atoms with Gasteiger partial charge in [-0.05, 0) is 57.5 Å². The maximum atomic E-state index is 2.74. The molecule has 1 fully saturated rings. The van der Waals surface area contributed by atoms with Crippen molar-refractivity contribution in [2.24, 2.45) is 5.92 Å². The van der Waals surface area contributed by atoms with E-state index in [1.807, 2.05) is 0 Å². The van der Waals surface area contributed by atoms with E-state index in [9.17, 15) is 0 Å². The molecule has 0 N–H and O–H groups in total. The topological polar surface area (TPSA) is 3.24 Å². The SMILES string of the molecule is CCCC(C[CH]CC(C)C)N1CCCCC1. The lowest BCUT2D eigenvalue weighted by Crippen LogP contribution is -2.39. The summed E-state index contributed by atoms with van der Waals surface area (Å²) in [6, 6.07) is 0.837. The maximum Gasteiger partial charge on any atom is 0.00978 e. The van der Waals surface area contributed by atoms with Crippen molar-refractivity contribution in [1.82, 2.24) is 4.90 Å². The minimum Gasteiger partial charge on any atom is -0.300 e. The Bertz CT molecular complexity index is 159. The van der Waals surface area contributed by atoms with Gasteiger partial charge in [0.2, 0.25) is 0 Å². The van der Waals surface area contributed by atoms with Gasteiger partial charge >= 0.3 is 0 Å².